The van der Waals surface area contributed by atoms with Gasteiger partial charge in [-0.3, -0.25) is 9.59 Å². The minimum absolute atomic E-state index is 0.228. The second-order valence-electron chi connectivity index (χ2n) is 6.86. The molecule has 0 radical (unpaired) electrons. The highest BCUT2D eigenvalue weighted by Crippen LogP contribution is 2.42. The van der Waals surface area contributed by atoms with Crippen LogP contribution in [0.5, 0.6) is 0 Å². The zero-order chi connectivity index (χ0) is 20.5. The zero-order valence-corrected chi connectivity index (χ0v) is 16.8. The number of hydrogen-bond donors (Lipinski definition) is 0. The second kappa shape index (κ2) is 7.68. The molecule has 5 heteroatoms. The lowest BCUT2D eigenvalue weighted by Gasteiger charge is -2.15. The number of rotatable bonds is 4. The monoisotopic (exact) mass is 403 g/mol. The summed E-state index contributed by atoms with van der Waals surface area (Å²) in [5, 5.41) is 0. The fraction of sp³-hybridized carbons (Fsp3) is 0.0833. The Kier molecular flexibility index (Phi) is 5.07. The van der Waals surface area contributed by atoms with Crippen molar-refractivity contribution in [1.82, 2.24) is 0 Å². The van der Waals surface area contributed by atoms with E-state index in [9.17, 15) is 14.0 Å². The van der Waals surface area contributed by atoms with Gasteiger partial charge in [0.25, 0.3) is 11.8 Å². The fourth-order valence-electron chi connectivity index (χ4n) is 3.39. The van der Waals surface area contributed by atoms with Gasteiger partial charge in [0, 0.05) is 4.90 Å². The predicted molar refractivity (Wildman–Crippen MR) is 114 cm³/mol. The molecule has 29 heavy (non-hydrogen) atoms. The minimum atomic E-state index is -0.500. The van der Waals surface area contributed by atoms with Crippen LogP contribution >= 0.6 is 11.8 Å². The van der Waals surface area contributed by atoms with Gasteiger partial charge in [0.15, 0.2) is 0 Å². The Bertz CT molecular complexity index is 1150. The molecule has 0 aromatic heterocycles. The molecule has 4 rings (SSSR count). The van der Waals surface area contributed by atoms with Crippen molar-refractivity contribution >= 4 is 34.8 Å². The van der Waals surface area contributed by atoms with Gasteiger partial charge in [-0.05, 0) is 55.3 Å². The zero-order valence-electron chi connectivity index (χ0n) is 16.0. The van der Waals surface area contributed by atoms with Crippen molar-refractivity contribution in [1.29, 1.82) is 0 Å². The lowest BCUT2D eigenvalue weighted by Crippen LogP contribution is -2.31. The van der Waals surface area contributed by atoms with Crippen LogP contribution in [0.3, 0.4) is 0 Å². The summed E-state index contributed by atoms with van der Waals surface area (Å²) in [5.41, 5.74) is 3.28. The summed E-state index contributed by atoms with van der Waals surface area (Å²) in [6, 6.07) is 20.7. The molecule has 144 valence electrons. The van der Waals surface area contributed by atoms with Crippen molar-refractivity contribution in [2.45, 2.75) is 18.7 Å². The van der Waals surface area contributed by atoms with Crippen LogP contribution < -0.4 is 4.90 Å². The van der Waals surface area contributed by atoms with Gasteiger partial charge in [-0.2, -0.15) is 0 Å². The van der Waals surface area contributed by atoms with Crippen molar-refractivity contribution in [3.8, 4) is 0 Å². The third-order valence-electron chi connectivity index (χ3n) is 4.72. The number of benzene rings is 3. The first-order valence-electron chi connectivity index (χ1n) is 9.15. The van der Waals surface area contributed by atoms with Crippen molar-refractivity contribution in [3.05, 3.63) is 100 Å². The molecule has 0 atom stereocenters. The van der Waals surface area contributed by atoms with Gasteiger partial charge in [0.1, 0.15) is 5.82 Å². The van der Waals surface area contributed by atoms with Gasteiger partial charge < -0.3 is 0 Å². The smallest absolute Gasteiger partial charge is 0.268 e. The number of imide groups is 1. The van der Waals surface area contributed by atoms with Crippen LogP contribution in [-0.4, -0.2) is 11.8 Å². The van der Waals surface area contributed by atoms with Gasteiger partial charge in [-0.15, -0.1) is 0 Å². The van der Waals surface area contributed by atoms with Crippen molar-refractivity contribution in [3.63, 3.8) is 0 Å². The van der Waals surface area contributed by atoms with E-state index in [4.69, 9.17) is 0 Å². The van der Waals surface area contributed by atoms with Gasteiger partial charge in [0.05, 0.1) is 16.2 Å². The molecular formula is C24H18FNO2S. The summed E-state index contributed by atoms with van der Waals surface area (Å²) in [4.78, 5) is 28.9. The first-order valence-corrected chi connectivity index (χ1v) is 9.96. The molecule has 1 aliphatic heterocycles. The molecule has 3 aromatic rings. The van der Waals surface area contributed by atoms with Crippen LogP contribution in [-0.2, 0) is 9.59 Å². The largest absolute Gasteiger partial charge is 0.272 e. The van der Waals surface area contributed by atoms with E-state index in [-0.39, 0.29) is 5.69 Å². The third kappa shape index (κ3) is 3.61. The van der Waals surface area contributed by atoms with Crippen molar-refractivity contribution in [2.75, 3.05) is 4.90 Å². The molecule has 0 unspecified atom stereocenters. The van der Waals surface area contributed by atoms with Crippen LogP contribution in [0.15, 0.2) is 82.6 Å². The topological polar surface area (TPSA) is 37.4 Å². The molecule has 3 aromatic carbocycles. The van der Waals surface area contributed by atoms with E-state index in [1.165, 1.54) is 30.0 Å². The normalized spacial score (nSPS) is 14.1. The Balaban J connectivity index is 1.87. The lowest BCUT2D eigenvalue weighted by molar-refractivity contribution is -0.119. The highest BCUT2D eigenvalue weighted by atomic mass is 32.2. The maximum Gasteiger partial charge on any atom is 0.272 e. The standard InChI is InChI=1S/C24H18FNO2S/c1-15-11-12-20(16(2)13-15)21-22(29-19-9-4-3-5-10-19)24(28)26(23(21)27)18-8-6-7-17(25)14-18/h3-14H,1-2H3. The maximum absolute atomic E-state index is 13.8. The Labute approximate surface area is 172 Å². The van der Waals surface area contributed by atoms with E-state index >= 15 is 0 Å². The number of thioether (sulfide) groups is 1. The second-order valence-corrected chi connectivity index (χ2v) is 7.95. The maximum atomic E-state index is 13.8. The van der Waals surface area contributed by atoms with E-state index in [2.05, 4.69) is 0 Å². The van der Waals surface area contributed by atoms with Crippen LogP contribution in [0.4, 0.5) is 10.1 Å². The molecule has 1 aliphatic rings. The average Bonchev–Trinajstić information content (AvgIpc) is 2.93. The number of nitrogens with zero attached hydrogens (tertiary/aromatic N) is 1. The Morgan fingerprint density at radius 3 is 2.28 bits per heavy atom. The van der Waals surface area contributed by atoms with Crippen LogP contribution in [0.25, 0.3) is 5.57 Å². The van der Waals surface area contributed by atoms with Crippen LogP contribution in [0.1, 0.15) is 16.7 Å². The number of carbonyl (C=O) groups excluding carboxylic acids is 2. The fourth-order valence-corrected chi connectivity index (χ4v) is 4.40. The number of amides is 2. The summed E-state index contributed by atoms with van der Waals surface area (Å²) in [6.45, 7) is 3.90. The van der Waals surface area contributed by atoms with E-state index in [1.807, 2.05) is 62.4 Å². The first kappa shape index (κ1) is 19.2. The van der Waals surface area contributed by atoms with Crippen LogP contribution in [0.2, 0.25) is 0 Å². The SMILES string of the molecule is Cc1ccc(C2=C(Sc3ccccc3)C(=O)N(c3cccc(F)c3)C2=O)c(C)c1. The number of hydrogen-bond acceptors (Lipinski definition) is 3. The highest BCUT2D eigenvalue weighted by molar-refractivity contribution is 8.04. The molecule has 0 saturated heterocycles. The molecule has 1 heterocycles. The Morgan fingerprint density at radius 2 is 1.59 bits per heavy atom. The van der Waals surface area contributed by atoms with Gasteiger partial charge in [-0.1, -0.05) is 59.8 Å². The van der Waals surface area contributed by atoms with Gasteiger partial charge in [-0.25, -0.2) is 9.29 Å². The number of halogens is 1. The summed E-state index contributed by atoms with van der Waals surface area (Å²) >= 11 is 1.26. The Hall–Kier alpha value is -3.18. The van der Waals surface area contributed by atoms with Gasteiger partial charge >= 0.3 is 0 Å². The molecule has 0 spiro atoms. The quantitative estimate of drug-likeness (QED) is 0.538. The number of carbonyl (C=O) groups is 2. The van der Waals surface area contributed by atoms with E-state index in [0.717, 1.165) is 20.9 Å². The molecule has 0 aliphatic carbocycles. The lowest BCUT2D eigenvalue weighted by atomic mass is 9.99. The molecule has 0 fully saturated rings. The average molecular weight is 403 g/mol. The summed E-state index contributed by atoms with van der Waals surface area (Å²) in [5.74, 6) is -1.38. The first-order chi connectivity index (χ1) is 14.0. The highest BCUT2D eigenvalue weighted by Gasteiger charge is 2.41. The molecular weight excluding hydrogens is 385 g/mol. The summed E-state index contributed by atoms with van der Waals surface area (Å²) < 4.78 is 13.8. The van der Waals surface area contributed by atoms with E-state index in [1.54, 1.807) is 6.07 Å². The van der Waals surface area contributed by atoms with E-state index < -0.39 is 17.6 Å². The van der Waals surface area contributed by atoms with Crippen LogP contribution in [0, 0.1) is 19.7 Å². The minimum Gasteiger partial charge on any atom is -0.268 e. The Morgan fingerprint density at radius 1 is 0.828 bits per heavy atom. The molecule has 0 bridgehead atoms. The molecule has 0 N–H and O–H groups in total. The van der Waals surface area contributed by atoms with Gasteiger partial charge in [0.2, 0.25) is 0 Å². The third-order valence-corrected chi connectivity index (χ3v) is 5.81. The molecule has 0 saturated carbocycles. The van der Waals surface area contributed by atoms with Crippen molar-refractivity contribution < 1.29 is 14.0 Å². The molecule has 2 amide bonds. The summed E-state index contributed by atoms with van der Waals surface area (Å²) in [6.07, 6.45) is 0. The number of aryl methyl sites for hydroxylation is 2. The van der Waals surface area contributed by atoms with Crippen molar-refractivity contribution in [2.24, 2.45) is 0 Å². The van der Waals surface area contributed by atoms with E-state index in [0.29, 0.717) is 16.0 Å². The molecule has 3 nitrogen and oxygen atoms in total. The predicted octanol–water partition coefficient (Wildman–Crippen LogP) is 5.52. The number of anilines is 1. The summed E-state index contributed by atoms with van der Waals surface area (Å²) in [7, 11) is 0.